The predicted molar refractivity (Wildman–Crippen MR) is 58.8 cm³/mol. The van der Waals surface area contributed by atoms with Gasteiger partial charge >= 0.3 is 5.97 Å². The van der Waals surface area contributed by atoms with Gasteiger partial charge in [-0.1, -0.05) is 6.92 Å². The SMILES string of the molecule is CCC(=O)c1ccc(O[C@@H](C)C(=O)O)cc1. The number of hydrogen-bond acceptors (Lipinski definition) is 3. The van der Waals surface area contributed by atoms with Crippen LogP contribution in [0.15, 0.2) is 24.3 Å². The molecule has 0 aliphatic carbocycles. The van der Waals surface area contributed by atoms with Crippen LogP contribution in [0.2, 0.25) is 0 Å². The first-order valence-corrected chi connectivity index (χ1v) is 5.07. The van der Waals surface area contributed by atoms with Crippen molar-refractivity contribution in [3.63, 3.8) is 0 Å². The number of Topliss-reactive ketones (excluding diaryl/α,β-unsaturated/α-hetero) is 1. The minimum atomic E-state index is -1.02. The first kappa shape index (κ1) is 12.2. The second-order valence-electron chi connectivity index (χ2n) is 3.40. The summed E-state index contributed by atoms with van der Waals surface area (Å²) in [6.45, 7) is 3.24. The van der Waals surface area contributed by atoms with E-state index in [4.69, 9.17) is 9.84 Å². The van der Waals surface area contributed by atoms with Crippen molar-refractivity contribution in [3.05, 3.63) is 29.8 Å². The number of ketones is 1. The molecule has 0 bridgehead atoms. The Morgan fingerprint density at radius 1 is 1.31 bits per heavy atom. The van der Waals surface area contributed by atoms with E-state index in [0.29, 0.717) is 17.7 Å². The molecular weight excluding hydrogens is 208 g/mol. The zero-order valence-electron chi connectivity index (χ0n) is 9.27. The number of ether oxygens (including phenoxy) is 1. The molecule has 16 heavy (non-hydrogen) atoms. The minimum absolute atomic E-state index is 0.0535. The van der Waals surface area contributed by atoms with Crippen LogP contribution in [0.1, 0.15) is 30.6 Å². The maximum atomic E-state index is 11.3. The predicted octanol–water partition coefficient (Wildman–Crippen LogP) is 2.13. The van der Waals surface area contributed by atoms with Gasteiger partial charge in [0.25, 0.3) is 0 Å². The fourth-order valence-electron chi connectivity index (χ4n) is 1.18. The molecule has 0 heterocycles. The van der Waals surface area contributed by atoms with E-state index in [1.165, 1.54) is 6.92 Å². The van der Waals surface area contributed by atoms with E-state index < -0.39 is 12.1 Å². The first-order valence-electron chi connectivity index (χ1n) is 5.07. The summed E-state index contributed by atoms with van der Waals surface area (Å²) in [6, 6.07) is 6.47. The van der Waals surface area contributed by atoms with Gasteiger partial charge in [-0.25, -0.2) is 4.79 Å². The van der Waals surface area contributed by atoms with Crippen LogP contribution in [-0.4, -0.2) is 23.0 Å². The van der Waals surface area contributed by atoms with Crippen LogP contribution in [0, 0.1) is 0 Å². The fourth-order valence-corrected chi connectivity index (χ4v) is 1.18. The third-order valence-electron chi connectivity index (χ3n) is 2.16. The van der Waals surface area contributed by atoms with E-state index in [1.54, 1.807) is 31.2 Å². The summed E-state index contributed by atoms with van der Waals surface area (Å²) in [6.07, 6.45) is -0.445. The summed E-state index contributed by atoms with van der Waals surface area (Å²) < 4.78 is 5.13. The highest BCUT2D eigenvalue weighted by molar-refractivity contribution is 5.95. The molecule has 0 aliphatic rings. The quantitative estimate of drug-likeness (QED) is 0.775. The van der Waals surface area contributed by atoms with Gasteiger partial charge in [0.1, 0.15) is 5.75 Å². The molecule has 4 heteroatoms. The number of carbonyl (C=O) groups is 2. The number of carboxylic acid groups (broad SMARTS) is 1. The van der Waals surface area contributed by atoms with E-state index in [1.807, 2.05) is 0 Å². The minimum Gasteiger partial charge on any atom is -0.479 e. The summed E-state index contributed by atoms with van der Waals surface area (Å²) in [4.78, 5) is 21.9. The number of aliphatic carboxylic acids is 1. The zero-order valence-corrected chi connectivity index (χ0v) is 9.27. The van der Waals surface area contributed by atoms with E-state index in [9.17, 15) is 9.59 Å². The van der Waals surface area contributed by atoms with E-state index in [0.717, 1.165) is 0 Å². The van der Waals surface area contributed by atoms with Crippen molar-refractivity contribution in [1.82, 2.24) is 0 Å². The van der Waals surface area contributed by atoms with Crippen molar-refractivity contribution in [2.75, 3.05) is 0 Å². The van der Waals surface area contributed by atoms with Crippen molar-refractivity contribution < 1.29 is 19.4 Å². The molecule has 1 aromatic rings. The molecule has 1 rings (SSSR count). The van der Waals surface area contributed by atoms with E-state index in [-0.39, 0.29) is 5.78 Å². The number of hydrogen-bond donors (Lipinski definition) is 1. The molecule has 0 aromatic heterocycles. The second kappa shape index (κ2) is 5.30. The molecule has 0 saturated heterocycles. The maximum absolute atomic E-state index is 11.3. The highest BCUT2D eigenvalue weighted by atomic mass is 16.5. The highest BCUT2D eigenvalue weighted by Crippen LogP contribution is 2.14. The second-order valence-corrected chi connectivity index (χ2v) is 3.40. The third kappa shape index (κ3) is 3.08. The van der Waals surface area contributed by atoms with Gasteiger partial charge in [-0.2, -0.15) is 0 Å². The number of carboxylic acids is 1. The highest BCUT2D eigenvalue weighted by Gasteiger charge is 2.12. The van der Waals surface area contributed by atoms with Gasteiger partial charge in [0.2, 0.25) is 0 Å². The van der Waals surface area contributed by atoms with Crippen molar-refractivity contribution in [3.8, 4) is 5.75 Å². The number of rotatable bonds is 5. The molecule has 1 aromatic carbocycles. The van der Waals surface area contributed by atoms with Crippen molar-refractivity contribution in [1.29, 1.82) is 0 Å². The molecule has 0 spiro atoms. The molecule has 1 atom stereocenters. The Morgan fingerprint density at radius 3 is 2.31 bits per heavy atom. The summed E-state index contributed by atoms with van der Waals surface area (Å²) in [5.41, 5.74) is 0.609. The van der Waals surface area contributed by atoms with Crippen molar-refractivity contribution in [2.24, 2.45) is 0 Å². The molecule has 86 valence electrons. The summed E-state index contributed by atoms with van der Waals surface area (Å²) in [7, 11) is 0. The van der Waals surface area contributed by atoms with Crippen LogP contribution in [0.3, 0.4) is 0 Å². The van der Waals surface area contributed by atoms with Crippen molar-refractivity contribution >= 4 is 11.8 Å². The molecular formula is C12H14O4. The Bertz CT molecular complexity index is 381. The van der Waals surface area contributed by atoms with Gasteiger partial charge in [-0.3, -0.25) is 4.79 Å². The average Bonchev–Trinajstić information content (AvgIpc) is 2.28. The number of carbonyl (C=O) groups excluding carboxylic acids is 1. The van der Waals surface area contributed by atoms with Crippen molar-refractivity contribution in [2.45, 2.75) is 26.4 Å². The molecule has 0 amide bonds. The van der Waals surface area contributed by atoms with Crippen LogP contribution in [0.5, 0.6) is 5.75 Å². The smallest absolute Gasteiger partial charge is 0.344 e. The Morgan fingerprint density at radius 2 is 1.88 bits per heavy atom. The largest absolute Gasteiger partial charge is 0.479 e. The van der Waals surface area contributed by atoms with Gasteiger partial charge in [0.05, 0.1) is 0 Å². The molecule has 0 unspecified atom stereocenters. The van der Waals surface area contributed by atoms with Gasteiger partial charge in [0, 0.05) is 12.0 Å². The third-order valence-corrected chi connectivity index (χ3v) is 2.16. The summed E-state index contributed by atoms with van der Waals surface area (Å²) >= 11 is 0. The lowest BCUT2D eigenvalue weighted by molar-refractivity contribution is -0.144. The Labute approximate surface area is 93.9 Å². The van der Waals surface area contributed by atoms with Crippen LogP contribution in [-0.2, 0) is 4.79 Å². The molecule has 0 radical (unpaired) electrons. The summed E-state index contributed by atoms with van der Waals surface area (Å²) in [5.74, 6) is -0.519. The lowest BCUT2D eigenvalue weighted by atomic mass is 10.1. The Hall–Kier alpha value is -1.84. The monoisotopic (exact) mass is 222 g/mol. The van der Waals surface area contributed by atoms with Crippen LogP contribution in [0.25, 0.3) is 0 Å². The molecule has 0 fully saturated rings. The standard InChI is InChI=1S/C12H14O4/c1-3-11(13)9-4-6-10(7-5-9)16-8(2)12(14)15/h4-8H,3H2,1-2H3,(H,14,15)/t8-/m0/s1. The average molecular weight is 222 g/mol. The molecule has 4 nitrogen and oxygen atoms in total. The van der Waals surface area contributed by atoms with E-state index in [2.05, 4.69) is 0 Å². The molecule has 1 N–H and O–H groups in total. The Balaban J connectivity index is 2.72. The van der Waals surface area contributed by atoms with Crippen LogP contribution >= 0.6 is 0 Å². The topological polar surface area (TPSA) is 63.6 Å². The van der Waals surface area contributed by atoms with Crippen LogP contribution in [0.4, 0.5) is 0 Å². The van der Waals surface area contributed by atoms with E-state index >= 15 is 0 Å². The molecule has 0 saturated carbocycles. The zero-order chi connectivity index (χ0) is 12.1. The van der Waals surface area contributed by atoms with Gasteiger partial charge in [-0.05, 0) is 31.2 Å². The lowest BCUT2D eigenvalue weighted by Gasteiger charge is -2.10. The number of benzene rings is 1. The maximum Gasteiger partial charge on any atom is 0.344 e. The normalized spacial score (nSPS) is 11.9. The van der Waals surface area contributed by atoms with Gasteiger partial charge < -0.3 is 9.84 Å². The van der Waals surface area contributed by atoms with Gasteiger partial charge in [0.15, 0.2) is 11.9 Å². The fraction of sp³-hybridized carbons (Fsp3) is 0.333. The Kier molecular flexibility index (Phi) is 4.05. The lowest BCUT2D eigenvalue weighted by Crippen LogP contribution is -2.22. The first-order chi connectivity index (χ1) is 7.54. The summed E-state index contributed by atoms with van der Waals surface area (Å²) in [5, 5.41) is 8.65. The molecule has 0 aliphatic heterocycles. The van der Waals surface area contributed by atoms with Crippen LogP contribution < -0.4 is 4.74 Å². The van der Waals surface area contributed by atoms with Gasteiger partial charge in [-0.15, -0.1) is 0 Å².